The van der Waals surface area contributed by atoms with Gasteiger partial charge in [0, 0.05) is 4.47 Å². The Bertz CT molecular complexity index is 428. The van der Waals surface area contributed by atoms with Crippen LogP contribution in [-0.4, -0.2) is 19.1 Å². The van der Waals surface area contributed by atoms with E-state index in [1.807, 2.05) is 31.2 Å². The fourth-order valence-corrected chi connectivity index (χ4v) is 2.58. The third-order valence-electron chi connectivity index (χ3n) is 3.46. The molecule has 0 radical (unpaired) electrons. The first-order valence-electron chi connectivity index (χ1n) is 6.23. The number of carbonyl (C=O) groups excluding carboxylic acids is 1. The summed E-state index contributed by atoms with van der Waals surface area (Å²) in [5, 5.41) is 3.26. The molecule has 0 spiro atoms. The van der Waals surface area contributed by atoms with Crippen LogP contribution in [0.2, 0.25) is 0 Å². The largest absolute Gasteiger partial charge is 0.460 e. The van der Waals surface area contributed by atoms with Crippen molar-refractivity contribution < 1.29 is 9.53 Å². The molecular formula is C14H18BrNO2. The second-order valence-electron chi connectivity index (χ2n) is 5.02. The van der Waals surface area contributed by atoms with Gasteiger partial charge in [-0.2, -0.15) is 0 Å². The van der Waals surface area contributed by atoms with Gasteiger partial charge in [-0.3, -0.25) is 4.79 Å². The van der Waals surface area contributed by atoms with Crippen LogP contribution in [0.15, 0.2) is 28.7 Å². The number of piperidine rings is 1. The molecule has 0 atom stereocenters. The Balaban J connectivity index is 1.91. The number of nitrogens with one attached hydrogen (secondary N) is 1. The van der Waals surface area contributed by atoms with Gasteiger partial charge < -0.3 is 10.1 Å². The molecule has 1 N–H and O–H groups in total. The first kappa shape index (κ1) is 13.6. The van der Waals surface area contributed by atoms with Gasteiger partial charge >= 0.3 is 5.97 Å². The van der Waals surface area contributed by atoms with Crippen molar-refractivity contribution in [1.82, 2.24) is 5.32 Å². The summed E-state index contributed by atoms with van der Waals surface area (Å²) in [6.45, 7) is 4.13. The van der Waals surface area contributed by atoms with E-state index in [1.165, 1.54) is 0 Å². The number of hydrogen-bond donors (Lipinski definition) is 1. The zero-order chi connectivity index (χ0) is 13.0. The van der Waals surface area contributed by atoms with Crippen LogP contribution in [0.25, 0.3) is 0 Å². The van der Waals surface area contributed by atoms with Gasteiger partial charge in [-0.05, 0) is 50.6 Å². The van der Waals surface area contributed by atoms with Crippen molar-refractivity contribution in [1.29, 1.82) is 0 Å². The smallest absolute Gasteiger partial charge is 0.312 e. The van der Waals surface area contributed by atoms with Crippen LogP contribution >= 0.6 is 15.9 Å². The highest BCUT2D eigenvalue weighted by Gasteiger charge is 2.35. The van der Waals surface area contributed by atoms with Crippen molar-refractivity contribution >= 4 is 21.9 Å². The molecule has 2 rings (SSSR count). The highest BCUT2D eigenvalue weighted by Crippen LogP contribution is 2.29. The summed E-state index contributed by atoms with van der Waals surface area (Å²) in [7, 11) is 0. The maximum atomic E-state index is 12.1. The van der Waals surface area contributed by atoms with Crippen LogP contribution in [0, 0.1) is 5.41 Å². The zero-order valence-electron chi connectivity index (χ0n) is 10.5. The Morgan fingerprint density at radius 2 is 2.17 bits per heavy atom. The lowest BCUT2D eigenvalue weighted by Gasteiger charge is -2.31. The molecule has 18 heavy (non-hydrogen) atoms. The summed E-state index contributed by atoms with van der Waals surface area (Å²) in [5.41, 5.74) is 0.687. The maximum absolute atomic E-state index is 12.1. The van der Waals surface area contributed by atoms with Crippen molar-refractivity contribution in [2.45, 2.75) is 26.4 Å². The molecule has 1 aromatic rings. The SMILES string of the molecule is CC1(C(=O)OCc2cccc(Br)c2)CCNCC1. The lowest BCUT2D eigenvalue weighted by molar-refractivity contribution is -0.157. The number of esters is 1. The third kappa shape index (κ3) is 3.33. The van der Waals surface area contributed by atoms with E-state index in [0.717, 1.165) is 36.0 Å². The number of halogens is 1. The molecule has 4 heteroatoms. The minimum Gasteiger partial charge on any atom is -0.460 e. The molecule has 0 unspecified atom stereocenters. The Morgan fingerprint density at radius 3 is 2.83 bits per heavy atom. The highest BCUT2D eigenvalue weighted by molar-refractivity contribution is 9.10. The molecule has 0 aliphatic carbocycles. The van der Waals surface area contributed by atoms with Crippen molar-refractivity contribution in [3.8, 4) is 0 Å². The molecule has 98 valence electrons. The van der Waals surface area contributed by atoms with Crippen LogP contribution in [-0.2, 0) is 16.1 Å². The summed E-state index contributed by atoms with van der Waals surface area (Å²) in [5.74, 6) is -0.0797. The number of benzene rings is 1. The summed E-state index contributed by atoms with van der Waals surface area (Å²) in [6, 6.07) is 7.83. The summed E-state index contributed by atoms with van der Waals surface area (Å²) in [6.07, 6.45) is 1.70. The van der Waals surface area contributed by atoms with Crippen LogP contribution in [0.3, 0.4) is 0 Å². The molecule has 1 heterocycles. The van der Waals surface area contributed by atoms with Gasteiger partial charge in [-0.25, -0.2) is 0 Å². The highest BCUT2D eigenvalue weighted by atomic mass is 79.9. The Hall–Kier alpha value is -0.870. The fourth-order valence-electron chi connectivity index (χ4n) is 2.13. The second-order valence-corrected chi connectivity index (χ2v) is 5.93. The molecule has 0 aromatic heterocycles. The predicted octanol–water partition coefficient (Wildman–Crippen LogP) is 2.88. The van der Waals surface area contributed by atoms with Crippen molar-refractivity contribution in [3.63, 3.8) is 0 Å². The maximum Gasteiger partial charge on any atom is 0.312 e. The van der Waals surface area contributed by atoms with E-state index in [0.29, 0.717) is 6.61 Å². The van der Waals surface area contributed by atoms with Gasteiger partial charge in [0.2, 0.25) is 0 Å². The van der Waals surface area contributed by atoms with Crippen molar-refractivity contribution in [2.75, 3.05) is 13.1 Å². The number of carbonyl (C=O) groups is 1. The Labute approximate surface area is 116 Å². The summed E-state index contributed by atoms with van der Waals surface area (Å²) < 4.78 is 6.44. The van der Waals surface area contributed by atoms with Gasteiger partial charge in [0.25, 0.3) is 0 Å². The first-order valence-corrected chi connectivity index (χ1v) is 7.02. The topological polar surface area (TPSA) is 38.3 Å². The molecule has 0 amide bonds. The van der Waals surface area contributed by atoms with E-state index in [4.69, 9.17) is 4.74 Å². The minimum absolute atomic E-state index is 0.0797. The first-order chi connectivity index (χ1) is 8.60. The van der Waals surface area contributed by atoms with Crippen molar-refractivity contribution in [3.05, 3.63) is 34.3 Å². The average molecular weight is 312 g/mol. The zero-order valence-corrected chi connectivity index (χ0v) is 12.1. The van der Waals surface area contributed by atoms with E-state index in [9.17, 15) is 4.79 Å². The molecule has 1 saturated heterocycles. The van der Waals surface area contributed by atoms with E-state index in [-0.39, 0.29) is 11.4 Å². The van der Waals surface area contributed by atoms with E-state index >= 15 is 0 Å². The lowest BCUT2D eigenvalue weighted by atomic mass is 9.81. The Kier molecular flexibility index (Phi) is 4.40. The summed E-state index contributed by atoms with van der Waals surface area (Å²) in [4.78, 5) is 12.1. The van der Waals surface area contributed by atoms with Gasteiger partial charge in [-0.1, -0.05) is 28.1 Å². The number of rotatable bonds is 3. The fraction of sp³-hybridized carbons (Fsp3) is 0.500. The van der Waals surface area contributed by atoms with Gasteiger partial charge in [-0.15, -0.1) is 0 Å². The molecular weight excluding hydrogens is 294 g/mol. The molecule has 1 aliphatic rings. The van der Waals surface area contributed by atoms with Crippen LogP contribution in [0.5, 0.6) is 0 Å². The van der Waals surface area contributed by atoms with E-state index < -0.39 is 0 Å². The average Bonchev–Trinajstić information content (AvgIpc) is 2.37. The molecule has 0 bridgehead atoms. The van der Waals surface area contributed by atoms with Crippen molar-refractivity contribution in [2.24, 2.45) is 5.41 Å². The van der Waals surface area contributed by atoms with Crippen LogP contribution in [0.4, 0.5) is 0 Å². The molecule has 3 nitrogen and oxygen atoms in total. The molecule has 1 aromatic carbocycles. The normalized spacial score (nSPS) is 18.3. The van der Waals surface area contributed by atoms with Gasteiger partial charge in [0.05, 0.1) is 5.41 Å². The van der Waals surface area contributed by atoms with Crippen LogP contribution < -0.4 is 5.32 Å². The third-order valence-corrected chi connectivity index (χ3v) is 3.95. The van der Waals surface area contributed by atoms with E-state index in [1.54, 1.807) is 0 Å². The predicted molar refractivity (Wildman–Crippen MR) is 74.1 cm³/mol. The second kappa shape index (κ2) is 5.85. The van der Waals surface area contributed by atoms with Gasteiger partial charge in [0.1, 0.15) is 6.61 Å². The monoisotopic (exact) mass is 311 g/mol. The number of ether oxygens (including phenoxy) is 1. The number of hydrogen-bond acceptors (Lipinski definition) is 3. The minimum atomic E-state index is -0.322. The van der Waals surface area contributed by atoms with Crippen LogP contribution in [0.1, 0.15) is 25.3 Å². The quantitative estimate of drug-likeness (QED) is 0.872. The summed E-state index contributed by atoms with van der Waals surface area (Å²) >= 11 is 3.41. The van der Waals surface area contributed by atoms with Gasteiger partial charge in [0.15, 0.2) is 0 Å². The standard InChI is InChI=1S/C14H18BrNO2/c1-14(5-7-16-8-6-14)13(17)18-10-11-3-2-4-12(15)9-11/h2-4,9,16H,5-8,10H2,1H3. The molecule has 0 saturated carbocycles. The molecule has 1 aliphatic heterocycles. The lowest BCUT2D eigenvalue weighted by Crippen LogP contribution is -2.40. The Morgan fingerprint density at radius 1 is 1.44 bits per heavy atom. The molecule has 1 fully saturated rings. The van der Waals surface area contributed by atoms with E-state index in [2.05, 4.69) is 21.2 Å².